The maximum Gasteiger partial charge on any atom is 0.414 e. The number of benzene rings is 2. The van der Waals surface area contributed by atoms with Crippen LogP contribution in [0.3, 0.4) is 0 Å². The number of carbonyl (C=O) groups excluding carboxylic acids is 1. The number of carbonyl (C=O) groups is 1. The summed E-state index contributed by atoms with van der Waals surface area (Å²) in [5, 5.41) is 0. The van der Waals surface area contributed by atoms with Gasteiger partial charge in [0, 0.05) is 12.6 Å². The summed E-state index contributed by atoms with van der Waals surface area (Å²) in [5.74, 6) is 0.510. The molecule has 1 amide bonds. The molecule has 27 heavy (non-hydrogen) atoms. The second-order valence-electron chi connectivity index (χ2n) is 6.41. The number of methoxy groups -OCH3 is 1. The minimum Gasteiger partial charge on any atom is -0.497 e. The van der Waals surface area contributed by atoms with Gasteiger partial charge in [0.25, 0.3) is 0 Å². The second-order valence-corrected chi connectivity index (χ2v) is 8.22. The van der Waals surface area contributed by atoms with E-state index in [2.05, 4.69) is 4.72 Å². The first-order valence-electron chi connectivity index (χ1n) is 8.51. The lowest BCUT2D eigenvalue weighted by atomic mass is 10.2. The number of aryl methyl sites for hydroxylation is 1. The fraction of sp³-hybridized carbons (Fsp3) is 0.316. The van der Waals surface area contributed by atoms with Gasteiger partial charge >= 0.3 is 6.09 Å². The molecule has 3 rings (SSSR count). The van der Waals surface area contributed by atoms with Crippen molar-refractivity contribution in [3.05, 3.63) is 59.7 Å². The van der Waals surface area contributed by atoms with Crippen molar-refractivity contribution < 1.29 is 22.7 Å². The van der Waals surface area contributed by atoms with Crippen LogP contribution in [0.5, 0.6) is 5.75 Å². The highest BCUT2D eigenvalue weighted by Gasteiger charge is 2.33. The number of hydrogen-bond donors (Lipinski definition) is 1. The fourth-order valence-electron chi connectivity index (χ4n) is 2.79. The SMILES string of the molecule is COc1cccc(N2CC(CNS(=O)(=O)Cc3ccc(C)cc3)OC2=O)c1. The minimum atomic E-state index is -3.53. The molecule has 0 saturated carbocycles. The predicted molar refractivity (Wildman–Crippen MR) is 102 cm³/mol. The van der Waals surface area contributed by atoms with E-state index in [1.54, 1.807) is 43.5 Å². The summed E-state index contributed by atoms with van der Waals surface area (Å²) in [6.45, 7) is 2.23. The highest BCUT2D eigenvalue weighted by molar-refractivity contribution is 7.88. The minimum absolute atomic E-state index is 0.0282. The molecule has 0 aliphatic carbocycles. The van der Waals surface area contributed by atoms with Crippen molar-refractivity contribution in [2.45, 2.75) is 18.8 Å². The van der Waals surface area contributed by atoms with E-state index in [9.17, 15) is 13.2 Å². The molecule has 1 heterocycles. The molecule has 0 radical (unpaired) electrons. The monoisotopic (exact) mass is 390 g/mol. The highest BCUT2D eigenvalue weighted by Crippen LogP contribution is 2.25. The first-order valence-corrected chi connectivity index (χ1v) is 10.2. The van der Waals surface area contributed by atoms with E-state index in [-0.39, 0.29) is 18.8 Å². The van der Waals surface area contributed by atoms with Crippen molar-refractivity contribution in [1.29, 1.82) is 0 Å². The number of rotatable bonds is 7. The lowest BCUT2D eigenvalue weighted by Gasteiger charge is -2.14. The van der Waals surface area contributed by atoms with Crippen LogP contribution in [0.2, 0.25) is 0 Å². The van der Waals surface area contributed by atoms with Crippen molar-refractivity contribution in [3.8, 4) is 5.75 Å². The predicted octanol–water partition coefficient (Wildman–Crippen LogP) is 2.45. The van der Waals surface area contributed by atoms with Gasteiger partial charge in [-0.15, -0.1) is 0 Å². The molecule has 2 aromatic carbocycles. The third-order valence-corrected chi connectivity index (χ3v) is 5.57. The van der Waals surface area contributed by atoms with Crippen molar-refractivity contribution in [3.63, 3.8) is 0 Å². The first-order chi connectivity index (χ1) is 12.9. The highest BCUT2D eigenvalue weighted by atomic mass is 32.2. The Bertz CT molecular complexity index is 912. The van der Waals surface area contributed by atoms with Gasteiger partial charge in [-0.3, -0.25) is 4.90 Å². The molecule has 1 unspecified atom stereocenters. The van der Waals surface area contributed by atoms with Crippen molar-refractivity contribution >= 4 is 21.8 Å². The average Bonchev–Trinajstić information content (AvgIpc) is 3.03. The van der Waals surface area contributed by atoms with Gasteiger partial charge in [-0.05, 0) is 24.6 Å². The Hall–Kier alpha value is -2.58. The molecule has 1 saturated heterocycles. The number of anilines is 1. The Morgan fingerprint density at radius 3 is 2.67 bits per heavy atom. The van der Waals surface area contributed by atoms with Gasteiger partial charge < -0.3 is 9.47 Å². The van der Waals surface area contributed by atoms with Crippen LogP contribution < -0.4 is 14.4 Å². The summed E-state index contributed by atoms with van der Waals surface area (Å²) in [7, 11) is -1.98. The van der Waals surface area contributed by atoms with Gasteiger partial charge in [0.1, 0.15) is 11.9 Å². The second kappa shape index (κ2) is 7.98. The van der Waals surface area contributed by atoms with Gasteiger partial charge in [-0.2, -0.15) is 0 Å². The van der Waals surface area contributed by atoms with E-state index in [1.807, 2.05) is 19.1 Å². The molecule has 0 aromatic heterocycles. The quantitative estimate of drug-likeness (QED) is 0.785. The van der Waals surface area contributed by atoms with Crippen molar-refractivity contribution in [2.24, 2.45) is 0 Å². The molecule has 0 bridgehead atoms. The van der Waals surface area contributed by atoms with Crippen LogP contribution in [0.4, 0.5) is 10.5 Å². The number of cyclic esters (lactones) is 1. The van der Waals surface area contributed by atoms with Gasteiger partial charge in [-0.25, -0.2) is 17.9 Å². The number of nitrogens with zero attached hydrogens (tertiary/aromatic N) is 1. The van der Waals surface area contributed by atoms with Crippen LogP contribution in [0.25, 0.3) is 0 Å². The molecule has 1 atom stereocenters. The smallest absolute Gasteiger partial charge is 0.414 e. The van der Waals surface area contributed by atoms with Gasteiger partial charge in [0.2, 0.25) is 10.0 Å². The number of amides is 1. The van der Waals surface area contributed by atoms with Crippen LogP contribution >= 0.6 is 0 Å². The molecule has 1 aliphatic rings. The number of hydrogen-bond acceptors (Lipinski definition) is 5. The van der Waals surface area contributed by atoms with E-state index in [0.29, 0.717) is 17.0 Å². The number of ether oxygens (including phenoxy) is 2. The molecule has 2 aromatic rings. The summed E-state index contributed by atoms with van der Waals surface area (Å²) in [5.41, 5.74) is 2.42. The lowest BCUT2D eigenvalue weighted by molar-refractivity contribution is 0.143. The fourth-order valence-corrected chi connectivity index (χ4v) is 3.96. The number of sulfonamides is 1. The summed E-state index contributed by atoms with van der Waals surface area (Å²) < 4.78 is 37.5. The Labute approximate surface area is 158 Å². The largest absolute Gasteiger partial charge is 0.497 e. The van der Waals surface area contributed by atoms with E-state index in [0.717, 1.165) is 5.56 Å². The van der Waals surface area contributed by atoms with E-state index >= 15 is 0 Å². The molecule has 1 fully saturated rings. The third kappa shape index (κ3) is 4.99. The summed E-state index contributed by atoms with van der Waals surface area (Å²) in [6.07, 6.45) is -1.07. The molecule has 8 heteroatoms. The van der Waals surface area contributed by atoms with E-state index in [1.165, 1.54) is 4.90 Å². The zero-order valence-corrected chi connectivity index (χ0v) is 16.0. The maximum atomic E-state index is 12.3. The number of nitrogens with one attached hydrogen (secondary N) is 1. The van der Waals surface area contributed by atoms with Crippen LogP contribution in [-0.4, -0.2) is 40.8 Å². The summed E-state index contributed by atoms with van der Waals surface area (Å²) in [4.78, 5) is 13.6. The molecule has 1 N–H and O–H groups in total. The molecular weight excluding hydrogens is 368 g/mol. The Morgan fingerprint density at radius 1 is 1.22 bits per heavy atom. The summed E-state index contributed by atoms with van der Waals surface area (Å²) >= 11 is 0. The normalized spacial score (nSPS) is 17.0. The van der Waals surface area contributed by atoms with Crippen LogP contribution in [-0.2, 0) is 20.5 Å². The Kier molecular flexibility index (Phi) is 5.67. The molecule has 7 nitrogen and oxygen atoms in total. The topological polar surface area (TPSA) is 84.9 Å². The Morgan fingerprint density at radius 2 is 1.96 bits per heavy atom. The van der Waals surface area contributed by atoms with Crippen molar-refractivity contribution in [1.82, 2.24) is 4.72 Å². The van der Waals surface area contributed by atoms with Gasteiger partial charge in [0.15, 0.2) is 0 Å². The van der Waals surface area contributed by atoms with E-state index in [4.69, 9.17) is 9.47 Å². The zero-order valence-electron chi connectivity index (χ0n) is 15.2. The summed E-state index contributed by atoms with van der Waals surface area (Å²) in [6, 6.07) is 14.4. The first kappa shape index (κ1) is 19.2. The standard InChI is InChI=1S/C19H22N2O5S/c1-14-6-8-15(9-7-14)13-27(23,24)20-11-18-12-21(19(22)26-18)16-4-3-5-17(10-16)25-2/h3-10,18,20H,11-13H2,1-2H3. The van der Waals surface area contributed by atoms with Crippen LogP contribution in [0.1, 0.15) is 11.1 Å². The molecule has 0 spiro atoms. The third-order valence-electron chi connectivity index (χ3n) is 4.25. The molecular formula is C19H22N2O5S. The molecule has 144 valence electrons. The van der Waals surface area contributed by atoms with E-state index < -0.39 is 22.2 Å². The van der Waals surface area contributed by atoms with Gasteiger partial charge in [-0.1, -0.05) is 35.9 Å². The molecule has 1 aliphatic heterocycles. The Balaban J connectivity index is 1.58. The van der Waals surface area contributed by atoms with Gasteiger partial charge in [0.05, 0.1) is 25.1 Å². The zero-order chi connectivity index (χ0) is 19.4. The average molecular weight is 390 g/mol. The maximum absolute atomic E-state index is 12.3. The van der Waals surface area contributed by atoms with Crippen LogP contribution in [0.15, 0.2) is 48.5 Å². The van der Waals surface area contributed by atoms with Crippen molar-refractivity contribution in [2.75, 3.05) is 25.1 Å². The lowest BCUT2D eigenvalue weighted by Crippen LogP contribution is -2.35. The van der Waals surface area contributed by atoms with Crippen LogP contribution in [0, 0.1) is 6.92 Å².